The van der Waals surface area contributed by atoms with Gasteiger partial charge in [0, 0.05) is 6.42 Å². The van der Waals surface area contributed by atoms with Gasteiger partial charge >= 0.3 is 0 Å². The van der Waals surface area contributed by atoms with Crippen LogP contribution >= 0.6 is 0 Å². The molecule has 0 amide bonds. The Morgan fingerprint density at radius 1 is 0.970 bits per heavy atom. The van der Waals surface area contributed by atoms with E-state index in [1.165, 1.54) is 32.1 Å². The molecule has 0 unspecified atom stereocenters. The number of allylic oxidation sites excluding steroid dienone is 2. The van der Waals surface area contributed by atoms with E-state index in [0.717, 1.165) is 24.8 Å². The molecule has 0 aromatic carbocycles. The molecule has 0 saturated heterocycles. The zero-order valence-corrected chi connectivity index (χ0v) is 22.4. The summed E-state index contributed by atoms with van der Waals surface area (Å²) in [5, 5.41) is 32.2. The molecule has 4 aliphatic carbocycles. The number of aliphatic hydroxyl groups is 3. The Morgan fingerprint density at radius 3 is 2.27 bits per heavy atom. The van der Waals surface area contributed by atoms with E-state index >= 15 is 0 Å². The lowest BCUT2D eigenvalue weighted by Gasteiger charge is -2.62. The van der Waals surface area contributed by atoms with Crippen molar-refractivity contribution >= 4 is 0 Å². The number of aliphatic hydroxyl groups excluding tert-OH is 3. The predicted molar refractivity (Wildman–Crippen MR) is 136 cm³/mol. The Balaban J connectivity index is 1.65. The normalized spacial score (nSPS) is 45.0. The van der Waals surface area contributed by atoms with E-state index in [9.17, 15) is 15.3 Å². The molecular formula is C30H50O3. The molecule has 4 aliphatic rings. The molecule has 188 valence electrons. The van der Waals surface area contributed by atoms with Gasteiger partial charge in [0.15, 0.2) is 0 Å². The molecule has 3 N–H and O–H groups in total. The molecule has 3 heteroatoms. The van der Waals surface area contributed by atoms with E-state index in [1.54, 1.807) is 11.1 Å². The molecule has 0 heterocycles. The van der Waals surface area contributed by atoms with Crippen LogP contribution in [0, 0.1) is 39.4 Å². The Kier molecular flexibility index (Phi) is 6.33. The summed E-state index contributed by atoms with van der Waals surface area (Å²) in [6.45, 7) is 20.1. The van der Waals surface area contributed by atoms with Crippen molar-refractivity contribution in [2.45, 2.75) is 125 Å². The van der Waals surface area contributed by atoms with Crippen LogP contribution in [-0.4, -0.2) is 33.6 Å². The monoisotopic (exact) mass is 458 g/mol. The summed E-state index contributed by atoms with van der Waals surface area (Å²) in [4.78, 5) is 0. The van der Waals surface area contributed by atoms with Gasteiger partial charge in [-0.3, -0.25) is 0 Å². The van der Waals surface area contributed by atoms with Crippen LogP contribution < -0.4 is 0 Å². The molecule has 9 atom stereocenters. The number of rotatable bonds is 5. The fourth-order valence-electron chi connectivity index (χ4n) is 9.47. The second-order valence-electron chi connectivity index (χ2n) is 13.8. The van der Waals surface area contributed by atoms with Gasteiger partial charge in [0.2, 0.25) is 0 Å². The number of hydrogen-bond acceptors (Lipinski definition) is 3. The fourth-order valence-corrected chi connectivity index (χ4v) is 9.47. The van der Waals surface area contributed by atoms with Crippen molar-refractivity contribution < 1.29 is 15.3 Å². The van der Waals surface area contributed by atoms with Crippen LogP contribution in [-0.2, 0) is 0 Å². The largest absolute Gasteiger partial charge is 0.393 e. The zero-order chi connectivity index (χ0) is 24.6. The van der Waals surface area contributed by atoms with Gasteiger partial charge in [-0.2, -0.15) is 0 Å². The topological polar surface area (TPSA) is 60.7 Å². The molecule has 0 bridgehead atoms. The average molecular weight is 459 g/mol. The first-order valence-electron chi connectivity index (χ1n) is 13.6. The fraction of sp³-hybridized carbons (Fsp3) is 0.867. The van der Waals surface area contributed by atoms with Gasteiger partial charge in [-0.05, 0) is 97.7 Å². The summed E-state index contributed by atoms with van der Waals surface area (Å²) in [6, 6.07) is 0. The van der Waals surface area contributed by atoms with Gasteiger partial charge in [-0.1, -0.05) is 64.8 Å². The van der Waals surface area contributed by atoms with Crippen molar-refractivity contribution in [2.75, 3.05) is 0 Å². The molecule has 0 aliphatic heterocycles. The van der Waals surface area contributed by atoms with Gasteiger partial charge in [0.05, 0.1) is 18.3 Å². The van der Waals surface area contributed by atoms with E-state index in [4.69, 9.17) is 0 Å². The summed E-state index contributed by atoms with van der Waals surface area (Å²) < 4.78 is 0. The summed E-state index contributed by atoms with van der Waals surface area (Å²) in [5.41, 5.74) is 4.80. The molecule has 2 saturated carbocycles. The van der Waals surface area contributed by atoms with Crippen molar-refractivity contribution in [3.05, 3.63) is 23.3 Å². The number of hydrogen-bond donors (Lipinski definition) is 3. The summed E-state index contributed by atoms with van der Waals surface area (Å²) >= 11 is 0. The van der Waals surface area contributed by atoms with Gasteiger partial charge < -0.3 is 15.3 Å². The van der Waals surface area contributed by atoms with Crippen molar-refractivity contribution in [2.24, 2.45) is 39.4 Å². The highest BCUT2D eigenvalue weighted by Gasteiger charge is 2.63. The van der Waals surface area contributed by atoms with Crippen LogP contribution in [0.25, 0.3) is 0 Å². The first kappa shape index (κ1) is 25.5. The highest BCUT2D eigenvalue weighted by atomic mass is 16.3. The van der Waals surface area contributed by atoms with Crippen LogP contribution in [0.3, 0.4) is 0 Å². The Hall–Kier alpha value is -0.640. The van der Waals surface area contributed by atoms with Gasteiger partial charge in [-0.25, -0.2) is 0 Å². The first-order valence-corrected chi connectivity index (χ1v) is 13.6. The first-order chi connectivity index (χ1) is 15.2. The zero-order valence-electron chi connectivity index (χ0n) is 22.4. The lowest BCUT2D eigenvalue weighted by Crippen LogP contribution is -2.55. The van der Waals surface area contributed by atoms with Crippen LogP contribution in [0.2, 0.25) is 0 Å². The van der Waals surface area contributed by atoms with E-state index in [-0.39, 0.29) is 33.7 Å². The maximum absolute atomic E-state index is 11.1. The number of fused-ring (bicyclic) bond motifs is 4. The summed E-state index contributed by atoms with van der Waals surface area (Å²) in [6.07, 6.45) is 8.23. The third-order valence-electron chi connectivity index (χ3n) is 12.1. The smallest absolute Gasteiger partial charge is 0.0769 e. The van der Waals surface area contributed by atoms with Crippen molar-refractivity contribution in [1.82, 2.24) is 0 Å². The summed E-state index contributed by atoms with van der Waals surface area (Å²) in [5.74, 6) is 1.20. The molecule has 2 fully saturated rings. The summed E-state index contributed by atoms with van der Waals surface area (Å²) in [7, 11) is 0. The molecule has 4 rings (SSSR count). The lowest BCUT2D eigenvalue weighted by molar-refractivity contribution is -0.0972. The third-order valence-corrected chi connectivity index (χ3v) is 12.1. The van der Waals surface area contributed by atoms with Gasteiger partial charge in [-0.15, -0.1) is 0 Å². The minimum absolute atomic E-state index is 0.0197. The minimum Gasteiger partial charge on any atom is -0.393 e. The molecule has 0 radical (unpaired) electrons. The van der Waals surface area contributed by atoms with Crippen LogP contribution in [0.15, 0.2) is 23.3 Å². The standard InChI is InChI=1S/C30H50O3/c1-18(2)23(31)17-24(32)19(3)20-11-15-30(8)22-9-10-25-27(4,5)26(33)13-14-28(25,6)21(22)12-16-29(20,30)7/h19-20,23-26,31-33H,1,9-17H2,2-8H3/t19-,20+,23-,24+,25-,26-,28+,29+,30-/m0/s1. The van der Waals surface area contributed by atoms with E-state index in [1.807, 2.05) is 6.92 Å². The van der Waals surface area contributed by atoms with Crippen molar-refractivity contribution in [3.63, 3.8) is 0 Å². The Bertz CT molecular complexity index is 826. The molecule has 0 aromatic heterocycles. The van der Waals surface area contributed by atoms with Gasteiger partial charge in [0.1, 0.15) is 0 Å². The maximum atomic E-state index is 11.1. The minimum atomic E-state index is -0.621. The van der Waals surface area contributed by atoms with E-state index in [0.29, 0.717) is 18.3 Å². The molecule has 3 nitrogen and oxygen atoms in total. The van der Waals surface area contributed by atoms with E-state index < -0.39 is 12.2 Å². The van der Waals surface area contributed by atoms with Crippen molar-refractivity contribution in [3.8, 4) is 0 Å². The third kappa shape index (κ3) is 3.54. The lowest BCUT2D eigenvalue weighted by atomic mass is 9.43. The predicted octanol–water partition coefficient (Wildman–Crippen LogP) is 6.42. The van der Waals surface area contributed by atoms with Crippen molar-refractivity contribution in [1.29, 1.82) is 0 Å². The molecule has 0 spiro atoms. The van der Waals surface area contributed by atoms with Gasteiger partial charge in [0.25, 0.3) is 0 Å². The molecule has 0 aromatic rings. The average Bonchev–Trinajstić information content (AvgIpc) is 3.02. The highest BCUT2D eigenvalue weighted by molar-refractivity contribution is 5.38. The van der Waals surface area contributed by atoms with E-state index in [2.05, 4.69) is 48.1 Å². The molecular weight excluding hydrogens is 408 g/mol. The van der Waals surface area contributed by atoms with Crippen LogP contribution in [0.4, 0.5) is 0 Å². The van der Waals surface area contributed by atoms with Crippen LogP contribution in [0.5, 0.6) is 0 Å². The van der Waals surface area contributed by atoms with Crippen LogP contribution in [0.1, 0.15) is 106 Å². The SMILES string of the molecule is C=C(C)[C@@H](O)C[C@@H](O)[C@@H](C)[C@H]1CC[C@@]2(C)C3=C(CC[C@]12C)[C@@]1(C)CC[C@H](O)C(C)(C)[C@@H]1CC3. The Labute approximate surface area is 202 Å². The second-order valence-corrected chi connectivity index (χ2v) is 13.8. The molecule has 33 heavy (non-hydrogen) atoms. The second kappa shape index (κ2) is 8.20. The quantitative estimate of drug-likeness (QED) is 0.417. The Morgan fingerprint density at radius 2 is 1.64 bits per heavy atom. The maximum Gasteiger partial charge on any atom is 0.0769 e. The highest BCUT2D eigenvalue weighted by Crippen LogP contribution is 2.72.